The molecule has 0 aliphatic rings. The van der Waals surface area contributed by atoms with Gasteiger partial charge in [-0.3, -0.25) is 0 Å². The molecule has 0 bridgehead atoms. The Bertz CT molecular complexity index is 428. The molecule has 14 heavy (non-hydrogen) atoms. The van der Waals surface area contributed by atoms with Gasteiger partial charge in [-0.1, -0.05) is 29.5 Å². The SMILES string of the molecule is O=C(O)COc1cc2ccccc2s1. The number of thiophene rings is 1. The molecule has 0 radical (unpaired) electrons. The van der Waals surface area contributed by atoms with Crippen molar-refractivity contribution in [3.8, 4) is 5.06 Å². The maximum absolute atomic E-state index is 10.3. The highest BCUT2D eigenvalue weighted by molar-refractivity contribution is 7.20. The Kier molecular flexibility index (Phi) is 2.37. The van der Waals surface area contributed by atoms with Gasteiger partial charge < -0.3 is 9.84 Å². The molecule has 1 N–H and O–H groups in total. The fraction of sp³-hybridized carbons (Fsp3) is 0.100. The highest BCUT2D eigenvalue weighted by atomic mass is 32.1. The van der Waals surface area contributed by atoms with Crippen molar-refractivity contribution in [3.05, 3.63) is 30.3 Å². The minimum Gasteiger partial charge on any atom is -0.479 e. The number of carboxylic acids is 1. The van der Waals surface area contributed by atoms with Crippen LogP contribution in [0.4, 0.5) is 0 Å². The summed E-state index contributed by atoms with van der Waals surface area (Å²) in [7, 11) is 0. The second kappa shape index (κ2) is 3.67. The second-order valence-corrected chi connectivity index (χ2v) is 3.83. The first-order chi connectivity index (χ1) is 6.75. The summed E-state index contributed by atoms with van der Waals surface area (Å²) in [6, 6.07) is 9.69. The summed E-state index contributed by atoms with van der Waals surface area (Å²) in [5.41, 5.74) is 0. The van der Waals surface area contributed by atoms with Crippen LogP contribution < -0.4 is 4.74 Å². The largest absolute Gasteiger partial charge is 0.479 e. The fourth-order valence-electron chi connectivity index (χ4n) is 1.16. The molecule has 3 nitrogen and oxygen atoms in total. The van der Waals surface area contributed by atoms with Gasteiger partial charge in [0.2, 0.25) is 0 Å². The summed E-state index contributed by atoms with van der Waals surface area (Å²) in [6.45, 7) is -0.285. The first-order valence-corrected chi connectivity index (χ1v) is 4.90. The van der Waals surface area contributed by atoms with Crippen molar-refractivity contribution in [1.29, 1.82) is 0 Å². The Hall–Kier alpha value is -1.55. The van der Waals surface area contributed by atoms with Crippen LogP contribution >= 0.6 is 11.3 Å². The number of aliphatic carboxylic acids is 1. The Labute approximate surface area is 84.6 Å². The van der Waals surface area contributed by atoms with E-state index in [0.29, 0.717) is 5.06 Å². The van der Waals surface area contributed by atoms with Crippen LogP contribution in [0.5, 0.6) is 5.06 Å². The van der Waals surface area contributed by atoms with Gasteiger partial charge in [0.15, 0.2) is 11.7 Å². The summed E-state index contributed by atoms with van der Waals surface area (Å²) >= 11 is 1.45. The molecule has 0 amide bonds. The van der Waals surface area contributed by atoms with Crippen molar-refractivity contribution in [2.45, 2.75) is 0 Å². The summed E-state index contributed by atoms with van der Waals surface area (Å²) in [5.74, 6) is -0.956. The van der Waals surface area contributed by atoms with E-state index in [2.05, 4.69) is 0 Å². The van der Waals surface area contributed by atoms with Crippen LogP contribution in [0.25, 0.3) is 10.1 Å². The molecule has 0 spiro atoms. The molecular formula is C10H8O3S. The maximum Gasteiger partial charge on any atom is 0.341 e. The van der Waals surface area contributed by atoms with Gasteiger partial charge in [0.1, 0.15) is 0 Å². The van der Waals surface area contributed by atoms with Crippen LogP contribution in [0.15, 0.2) is 30.3 Å². The minimum absolute atomic E-state index is 0.285. The van der Waals surface area contributed by atoms with E-state index >= 15 is 0 Å². The average Bonchev–Trinajstić information content (AvgIpc) is 2.57. The first-order valence-electron chi connectivity index (χ1n) is 4.09. The zero-order valence-electron chi connectivity index (χ0n) is 7.27. The number of benzene rings is 1. The molecule has 0 atom stereocenters. The molecule has 1 aromatic carbocycles. The van der Waals surface area contributed by atoms with E-state index in [0.717, 1.165) is 10.1 Å². The molecule has 0 saturated carbocycles. The van der Waals surface area contributed by atoms with Gasteiger partial charge >= 0.3 is 5.97 Å². The van der Waals surface area contributed by atoms with E-state index < -0.39 is 5.97 Å². The van der Waals surface area contributed by atoms with Gasteiger partial charge in [0, 0.05) is 4.70 Å². The number of hydrogen-bond acceptors (Lipinski definition) is 3. The molecule has 0 unspecified atom stereocenters. The lowest BCUT2D eigenvalue weighted by Crippen LogP contribution is -2.08. The number of ether oxygens (including phenoxy) is 1. The Morgan fingerprint density at radius 2 is 2.21 bits per heavy atom. The van der Waals surface area contributed by atoms with Crippen molar-refractivity contribution in [3.63, 3.8) is 0 Å². The molecule has 2 rings (SSSR count). The molecule has 72 valence electrons. The zero-order chi connectivity index (χ0) is 9.97. The van der Waals surface area contributed by atoms with Crippen molar-refractivity contribution in [2.24, 2.45) is 0 Å². The molecule has 1 heterocycles. The van der Waals surface area contributed by atoms with Crippen LogP contribution in [0.2, 0.25) is 0 Å². The molecule has 0 saturated heterocycles. The summed E-state index contributed by atoms with van der Waals surface area (Å²) in [5, 5.41) is 10.2. The minimum atomic E-state index is -0.956. The fourth-order valence-corrected chi connectivity index (χ4v) is 2.07. The van der Waals surface area contributed by atoms with Crippen LogP contribution in [0.3, 0.4) is 0 Å². The van der Waals surface area contributed by atoms with Crippen LogP contribution in [0, 0.1) is 0 Å². The molecule has 0 fully saturated rings. The molecule has 1 aromatic heterocycles. The van der Waals surface area contributed by atoms with Crippen LogP contribution in [0.1, 0.15) is 0 Å². The van der Waals surface area contributed by atoms with E-state index in [9.17, 15) is 4.79 Å². The Balaban J connectivity index is 2.22. The summed E-state index contributed by atoms with van der Waals surface area (Å²) < 4.78 is 6.18. The normalized spacial score (nSPS) is 10.3. The zero-order valence-corrected chi connectivity index (χ0v) is 8.08. The third kappa shape index (κ3) is 1.85. The van der Waals surface area contributed by atoms with Crippen molar-refractivity contribution >= 4 is 27.4 Å². The average molecular weight is 208 g/mol. The number of fused-ring (bicyclic) bond motifs is 1. The van der Waals surface area contributed by atoms with Gasteiger partial charge in [0.05, 0.1) is 0 Å². The van der Waals surface area contributed by atoms with Crippen molar-refractivity contribution in [2.75, 3.05) is 6.61 Å². The molecule has 0 aliphatic heterocycles. The van der Waals surface area contributed by atoms with Crippen molar-refractivity contribution in [1.82, 2.24) is 0 Å². The Morgan fingerprint density at radius 1 is 1.43 bits per heavy atom. The molecular weight excluding hydrogens is 200 g/mol. The molecule has 4 heteroatoms. The topological polar surface area (TPSA) is 46.5 Å². The lowest BCUT2D eigenvalue weighted by Gasteiger charge is -1.95. The quantitative estimate of drug-likeness (QED) is 0.842. The van der Waals surface area contributed by atoms with Crippen LogP contribution in [-0.2, 0) is 4.79 Å². The number of carbonyl (C=O) groups is 1. The lowest BCUT2D eigenvalue weighted by atomic mass is 10.3. The second-order valence-electron chi connectivity index (χ2n) is 2.79. The standard InChI is InChI=1S/C10H8O3S/c11-9(12)6-13-10-5-7-3-1-2-4-8(7)14-10/h1-5H,6H2,(H,11,12). The molecule has 0 aliphatic carbocycles. The van der Waals surface area contributed by atoms with E-state index in [-0.39, 0.29) is 6.61 Å². The third-order valence-corrected chi connectivity index (χ3v) is 2.77. The van der Waals surface area contributed by atoms with Gasteiger partial charge in [-0.05, 0) is 17.5 Å². The first kappa shape index (κ1) is 9.02. The lowest BCUT2D eigenvalue weighted by molar-refractivity contribution is -0.139. The summed E-state index contributed by atoms with van der Waals surface area (Å²) in [6.07, 6.45) is 0. The number of carboxylic acid groups (broad SMARTS) is 1. The summed E-state index contributed by atoms with van der Waals surface area (Å²) in [4.78, 5) is 10.3. The number of hydrogen-bond donors (Lipinski definition) is 1. The van der Waals surface area contributed by atoms with Gasteiger partial charge in [-0.15, -0.1) is 0 Å². The van der Waals surface area contributed by atoms with E-state index in [1.165, 1.54) is 11.3 Å². The van der Waals surface area contributed by atoms with Gasteiger partial charge in [-0.25, -0.2) is 4.79 Å². The predicted molar refractivity (Wildman–Crippen MR) is 55.0 cm³/mol. The highest BCUT2D eigenvalue weighted by Crippen LogP contribution is 2.31. The Morgan fingerprint density at radius 3 is 2.93 bits per heavy atom. The highest BCUT2D eigenvalue weighted by Gasteiger charge is 2.03. The van der Waals surface area contributed by atoms with E-state index in [1.54, 1.807) is 0 Å². The third-order valence-electron chi connectivity index (χ3n) is 1.74. The monoisotopic (exact) mass is 208 g/mol. The van der Waals surface area contributed by atoms with E-state index in [1.807, 2.05) is 30.3 Å². The van der Waals surface area contributed by atoms with Gasteiger partial charge in [-0.2, -0.15) is 0 Å². The van der Waals surface area contributed by atoms with Crippen LogP contribution in [-0.4, -0.2) is 17.7 Å². The van der Waals surface area contributed by atoms with Crippen molar-refractivity contribution < 1.29 is 14.6 Å². The smallest absolute Gasteiger partial charge is 0.341 e. The van der Waals surface area contributed by atoms with Gasteiger partial charge in [0.25, 0.3) is 0 Å². The predicted octanol–water partition coefficient (Wildman–Crippen LogP) is 2.36. The number of rotatable bonds is 3. The van der Waals surface area contributed by atoms with E-state index in [4.69, 9.17) is 9.84 Å². The molecule has 2 aromatic rings. The maximum atomic E-state index is 10.3.